The summed E-state index contributed by atoms with van der Waals surface area (Å²) in [6.07, 6.45) is 4.46. The predicted octanol–water partition coefficient (Wildman–Crippen LogP) is 3.20. The lowest BCUT2D eigenvalue weighted by Gasteiger charge is -2.06. The Hall–Kier alpha value is -1.55. The van der Waals surface area contributed by atoms with Crippen molar-refractivity contribution in [3.05, 3.63) is 52.8 Å². The van der Waals surface area contributed by atoms with Gasteiger partial charge in [-0.25, -0.2) is 0 Å². The summed E-state index contributed by atoms with van der Waals surface area (Å²) in [7, 11) is 0. The molecule has 88 valence electrons. The van der Waals surface area contributed by atoms with Crippen molar-refractivity contribution in [1.82, 2.24) is 4.98 Å². The minimum Gasteiger partial charge on any atom is -0.508 e. The van der Waals surface area contributed by atoms with Crippen molar-refractivity contribution < 1.29 is 5.11 Å². The molecule has 0 atom stereocenters. The van der Waals surface area contributed by atoms with Gasteiger partial charge >= 0.3 is 0 Å². The second-order valence-corrected chi connectivity index (χ2v) is 4.65. The maximum absolute atomic E-state index is 9.16. The van der Waals surface area contributed by atoms with Crippen LogP contribution >= 0.6 is 15.9 Å². The van der Waals surface area contributed by atoms with Crippen molar-refractivity contribution >= 4 is 21.6 Å². The molecule has 0 aliphatic carbocycles. The zero-order valence-corrected chi connectivity index (χ0v) is 10.8. The van der Waals surface area contributed by atoms with E-state index in [4.69, 9.17) is 5.11 Å². The molecular formula is C13H13BrN2O. The number of anilines is 1. The zero-order valence-electron chi connectivity index (χ0n) is 9.23. The SMILES string of the molecule is Oc1ccc(CCNc2cncc(Br)c2)cc1. The highest BCUT2D eigenvalue weighted by Gasteiger charge is 1.96. The third-order valence-electron chi connectivity index (χ3n) is 2.38. The Morgan fingerprint density at radius 3 is 2.65 bits per heavy atom. The monoisotopic (exact) mass is 292 g/mol. The number of phenols is 1. The van der Waals surface area contributed by atoms with Crippen LogP contribution in [0.25, 0.3) is 0 Å². The van der Waals surface area contributed by atoms with Crippen molar-refractivity contribution in [2.24, 2.45) is 0 Å². The smallest absolute Gasteiger partial charge is 0.115 e. The van der Waals surface area contributed by atoms with Gasteiger partial charge in [-0.3, -0.25) is 4.98 Å². The summed E-state index contributed by atoms with van der Waals surface area (Å²) in [5.41, 5.74) is 2.19. The Bertz CT molecular complexity index is 485. The Balaban J connectivity index is 1.85. The van der Waals surface area contributed by atoms with E-state index in [-0.39, 0.29) is 0 Å². The molecule has 0 aliphatic rings. The number of benzene rings is 1. The number of nitrogens with zero attached hydrogens (tertiary/aromatic N) is 1. The van der Waals surface area contributed by atoms with Crippen LogP contribution in [0.1, 0.15) is 5.56 Å². The van der Waals surface area contributed by atoms with Gasteiger partial charge in [0.15, 0.2) is 0 Å². The van der Waals surface area contributed by atoms with E-state index in [9.17, 15) is 0 Å². The first-order valence-corrected chi connectivity index (χ1v) is 6.16. The van der Waals surface area contributed by atoms with E-state index >= 15 is 0 Å². The predicted molar refractivity (Wildman–Crippen MR) is 72.2 cm³/mol. The molecule has 0 fully saturated rings. The van der Waals surface area contributed by atoms with Gasteiger partial charge in [-0.1, -0.05) is 12.1 Å². The molecule has 3 nitrogen and oxygen atoms in total. The second-order valence-electron chi connectivity index (χ2n) is 3.74. The highest BCUT2D eigenvalue weighted by Crippen LogP contribution is 2.14. The molecule has 0 radical (unpaired) electrons. The van der Waals surface area contributed by atoms with E-state index in [1.54, 1.807) is 24.5 Å². The van der Waals surface area contributed by atoms with Gasteiger partial charge < -0.3 is 10.4 Å². The lowest BCUT2D eigenvalue weighted by Crippen LogP contribution is -2.04. The Morgan fingerprint density at radius 2 is 1.94 bits per heavy atom. The molecule has 2 aromatic rings. The molecule has 0 aliphatic heterocycles. The van der Waals surface area contributed by atoms with Crippen LogP contribution in [0.5, 0.6) is 5.75 Å². The molecule has 2 N–H and O–H groups in total. The van der Waals surface area contributed by atoms with Gasteiger partial charge in [0, 0.05) is 17.2 Å². The number of aromatic nitrogens is 1. The largest absolute Gasteiger partial charge is 0.508 e. The maximum atomic E-state index is 9.16. The van der Waals surface area contributed by atoms with E-state index in [2.05, 4.69) is 26.2 Å². The van der Waals surface area contributed by atoms with Crippen LogP contribution in [0.3, 0.4) is 0 Å². The number of pyridine rings is 1. The summed E-state index contributed by atoms with van der Waals surface area (Å²) in [6.45, 7) is 0.836. The van der Waals surface area contributed by atoms with Crippen LogP contribution in [0.15, 0.2) is 47.2 Å². The van der Waals surface area contributed by atoms with Gasteiger partial charge in [0.25, 0.3) is 0 Å². The van der Waals surface area contributed by atoms with Gasteiger partial charge in [-0.05, 0) is 46.1 Å². The number of nitrogens with one attached hydrogen (secondary N) is 1. The van der Waals surface area contributed by atoms with E-state index < -0.39 is 0 Å². The van der Waals surface area contributed by atoms with E-state index in [0.29, 0.717) is 5.75 Å². The summed E-state index contributed by atoms with van der Waals surface area (Å²) in [5, 5.41) is 12.5. The minimum atomic E-state index is 0.304. The lowest BCUT2D eigenvalue weighted by molar-refractivity contribution is 0.475. The Kier molecular flexibility index (Phi) is 3.98. The number of hydrogen-bond donors (Lipinski definition) is 2. The van der Waals surface area contributed by atoms with Gasteiger partial charge in [-0.15, -0.1) is 0 Å². The van der Waals surface area contributed by atoms with Crippen LogP contribution in [0.2, 0.25) is 0 Å². The van der Waals surface area contributed by atoms with Crippen LogP contribution in [-0.4, -0.2) is 16.6 Å². The molecule has 0 bridgehead atoms. The summed E-state index contributed by atoms with van der Waals surface area (Å²) in [5.74, 6) is 0.304. The summed E-state index contributed by atoms with van der Waals surface area (Å²) in [6, 6.07) is 9.25. The van der Waals surface area contributed by atoms with Gasteiger partial charge in [0.2, 0.25) is 0 Å². The fourth-order valence-electron chi connectivity index (χ4n) is 1.52. The highest BCUT2D eigenvalue weighted by atomic mass is 79.9. The third kappa shape index (κ3) is 3.75. The quantitative estimate of drug-likeness (QED) is 0.910. The zero-order chi connectivity index (χ0) is 12.1. The summed E-state index contributed by atoms with van der Waals surface area (Å²) in [4.78, 5) is 4.08. The molecule has 0 saturated carbocycles. The number of aromatic hydroxyl groups is 1. The summed E-state index contributed by atoms with van der Waals surface area (Å²) < 4.78 is 0.965. The highest BCUT2D eigenvalue weighted by molar-refractivity contribution is 9.10. The molecule has 17 heavy (non-hydrogen) atoms. The normalized spacial score (nSPS) is 10.2. The average Bonchev–Trinajstić information content (AvgIpc) is 2.32. The average molecular weight is 293 g/mol. The number of hydrogen-bond acceptors (Lipinski definition) is 3. The van der Waals surface area contributed by atoms with Gasteiger partial charge in [0.1, 0.15) is 5.75 Å². The van der Waals surface area contributed by atoms with Gasteiger partial charge in [-0.2, -0.15) is 0 Å². The number of phenolic OH excluding ortho intramolecular Hbond substituents is 1. The van der Waals surface area contributed by atoms with Gasteiger partial charge in [0.05, 0.1) is 11.9 Å². The molecule has 4 heteroatoms. The van der Waals surface area contributed by atoms with E-state index in [1.807, 2.05) is 18.2 Å². The van der Waals surface area contributed by atoms with Crippen LogP contribution in [0.4, 0.5) is 5.69 Å². The second kappa shape index (κ2) is 5.68. The van der Waals surface area contributed by atoms with Crippen molar-refractivity contribution in [1.29, 1.82) is 0 Å². The molecule has 2 rings (SSSR count). The van der Waals surface area contributed by atoms with Crippen molar-refractivity contribution in [2.45, 2.75) is 6.42 Å². The first kappa shape index (κ1) is 11.9. The Labute approximate surface area is 109 Å². The Morgan fingerprint density at radius 1 is 1.18 bits per heavy atom. The standard InChI is InChI=1S/C13H13BrN2O/c14-11-7-12(9-15-8-11)16-6-5-10-1-3-13(17)4-2-10/h1-4,7-9,16-17H,5-6H2. The molecule has 0 saturated heterocycles. The van der Waals surface area contributed by atoms with Crippen molar-refractivity contribution in [3.8, 4) is 5.75 Å². The topological polar surface area (TPSA) is 45.1 Å². The molecule has 0 unspecified atom stereocenters. The van der Waals surface area contributed by atoms with Crippen LogP contribution in [0, 0.1) is 0 Å². The maximum Gasteiger partial charge on any atom is 0.115 e. The molecule has 1 aromatic carbocycles. The lowest BCUT2D eigenvalue weighted by atomic mass is 10.1. The molecule has 1 heterocycles. The van der Waals surface area contributed by atoms with Crippen molar-refractivity contribution in [2.75, 3.05) is 11.9 Å². The third-order valence-corrected chi connectivity index (χ3v) is 2.82. The molecule has 0 amide bonds. The first-order chi connectivity index (χ1) is 8.24. The van der Waals surface area contributed by atoms with Crippen LogP contribution < -0.4 is 5.32 Å². The van der Waals surface area contributed by atoms with Crippen LogP contribution in [-0.2, 0) is 6.42 Å². The summed E-state index contributed by atoms with van der Waals surface area (Å²) >= 11 is 3.38. The van der Waals surface area contributed by atoms with E-state index in [0.717, 1.165) is 23.1 Å². The molecule has 1 aromatic heterocycles. The molecule has 0 spiro atoms. The van der Waals surface area contributed by atoms with Crippen molar-refractivity contribution in [3.63, 3.8) is 0 Å². The minimum absolute atomic E-state index is 0.304. The number of halogens is 1. The fourth-order valence-corrected chi connectivity index (χ4v) is 1.89. The fraction of sp³-hybridized carbons (Fsp3) is 0.154. The number of rotatable bonds is 4. The molecular weight excluding hydrogens is 280 g/mol. The van der Waals surface area contributed by atoms with E-state index in [1.165, 1.54) is 5.56 Å². The first-order valence-electron chi connectivity index (χ1n) is 5.36.